The van der Waals surface area contributed by atoms with Crippen LogP contribution >= 0.6 is 24.0 Å². The molecular weight excluding hydrogens is 273 g/mol. The van der Waals surface area contributed by atoms with Gasteiger partial charge in [0.05, 0.1) is 0 Å². The lowest BCUT2D eigenvalue weighted by molar-refractivity contribution is -0.140. The first kappa shape index (κ1) is 12.7. The third kappa shape index (κ3) is 2.57. The van der Waals surface area contributed by atoms with E-state index in [-0.39, 0.29) is 17.0 Å². The van der Waals surface area contributed by atoms with Crippen LogP contribution in [0.25, 0.3) is 0 Å². The van der Waals surface area contributed by atoms with Crippen LogP contribution < -0.4 is 4.90 Å². The number of hydrogen-bond donors (Lipinski definition) is 1. The summed E-state index contributed by atoms with van der Waals surface area (Å²) in [7, 11) is 0. The molecule has 0 bridgehead atoms. The topological polar surface area (TPSA) is 33.2 Å². The number of alkyl halides is 3. The molecule has 2 heterocycles. The average Bonchev–Trinajstić information content (AvgIpc) is 2.82. The number of thiazole rings is 1. The van der Waals surface area contributed by atoms with Crippen LogP contribution in [0.4, 0.5) is 18.3 Å². The van der Waals surface area contributed by atoms with E-state index in [4.69, 9.17) is 0 Å². The molecule has 1 unspecified atom stereocenters. The molecule has 1 aromatic heterocycles. The predicted molar refractivity (Wildman–Crippen MR) is 61.4 cm³/mol. The van der Waals surface area contributed by atoms with Crippen molar-refractivity contribution >= 4 is 35.0 Å². The van der Waals surface area contributed by atoms with Crippen LogP contribution in [-0.2, 0) is 11.0 Å². The number of carbonyl (C=O) groups is 1. The summed E-state index contributed by atoms with van der Waals surface area (Å²) in [6.45, 7) is 0.396. The van der Waals surface area contributed by atoms with E-state index in [1.54, 1.807) is 0 Å². The summed E-state index contributed by atoms with van der Waals surface area (Å²) in [5, 5.41) is 1.04. The maximum atomic E-state index is 12.4. The Bertz CT molecular complexity index is 432. The van der Waals surface area contributed by atoms with Gasteiger partial charge in [-0.2, -0.15) is 25.8 Å². The van der Waals surface area contributed by atoms with Crippen LogP contribution in [0.3, 0.4) is 0 Å². The third-order valence-corrected chi connectivity index (χ3v) is 3.86. The molecule has 94 valence electrons. The summed E-state index contributed by atoms with van der Waals surface area (Å²) in [4.78, 5) is 16.3. The molecule has 1 atom stereocenters. The van der Waals surface area contributed by atoms with E-state index in [1.807, 2.05) is 0 Å². The molecule has 2 rings (SSSR count). The molecule has 1 aromatic rings. The average molecular weight is 282 g/mol. The summed E-state index contributed by atoms with van der Waals surface area (Å²) in [6.07, 6.45) is -4.13. The van der Waals surface area contributed by atoms with Gasteiger partial charge in [0.25, 0.3) is 0 Å². The van der Waals surface area contributed by atoms with Crippen molar-refractivity contribution in [3.63, 3.8) is 0 Å². The number of aromatic nitrogens is 1. The van der Waals surface area contributed by atoms with Gasteiger partial charge in [-0.3, -0.25) is 9.69 Å². The molecule has 0 spiro atoms. The molecule has 17 heavy (non-hydrogen) atoms. The number of hydrogen-bond acceptors (Lipinski definition) is 4. The molecule has 0 aromatic carbocycles. The molecule has 0 N–H and O–H groups in total. The van der Waals surface area contributed by atoms with Gasteiger partial charge in [0.15, 0.2) is 10.8 Å². The number of thiol groups is 1. The molecule has 1 fully saturated rings. The maximum Gasteiger partial charge on any atom is 0.434 e. The smallest absolute Gasteiger partial charge is 0.288 e. The SMILES string of the molecule is O=C1CC(CS)CN1c1nc(C(F)(F)F)cs1. The van der Waals surface area contributed by atoms with Gasteiger partial charge in [-0.1, -0.05) is 0 Å². The van der Waals surface area contributed by atoms with Gasteiger partial charge in [0, 0.05) is 18.3 Å². The summed E-state index contributed by atoms with van der Waals surface area (Å²) in [6, 6.07) is 0. The number of carbonyl (C=O) groups excluding carboxylic acids is 1. The van der Waals surface area contributed by atoms with Gasteiger partial charge in [0.1, 0.15) is 0 Å². The monoisotopic (exact) mass is 282 g/mol. The van der Waals surface area contributed by atoms with E-state index >= 15 is 0 Å². The van der Waals surface area contributed by atoms with E-state index in [0.717, 1.165) is 16.7 Å². The van der Waals surface area contributed by atoms with Crippen molar-refractivity contribution < 1.29 is 18.0 Å². The van der Waals surface area contributed by atoms with Crippen molar-refractivity contribution in [3.8, 4) is 0 Å². The predicted octanol–water partition coefficient (Wildman–Crippen LogP) is 2.44. The molecule has 0 aliphatic carbocycles. The van der Waals surface area contributed by atoms with Crippen molar-refractivity contribution in [2.45, 2.75) is 12.6 Å². The Labute approximate surface area is 105 Å². The Kier molecular flexibility index (Phi) is 3.35. The van der Waals surface area contributed by atoms with Crippen molar-refractivity contribution in [2.75, 3.05) is 17.2 Å². The largest absolute Gasteiger partial charge is 0.434 e. The number of nitrogens with zero attached hydrogens (tertiary/aromatic N) is 2. The Morgan fingerprint density at radius 1 is 1.59 bits per heavy atom. The molecule has 3 nitrogen and oxygen atoms in total. The van der Waals surface area contributed by atoms with E-state index in [0.29, 0.717) is 18.7 Å². The minimum absolute atomic E-state index is 0.0871. The number of anilines is 1. The van der Waals surface area contributed by atoms with Gasteiger partial charge in [-0.15, -0.1) is 11.3 Å². The van der Waals surface area contributed by atoms with Crippen LogP contribution in [0.5, 0.6) is 0 Å². The lowest BCUT2D eigenvalue weighted by atomic mass is 10.1. The molecule has 1 aliphatic rings. The number of halogens is 3. The second-order valence-corrected chi connectivity index (χ2v) is 4.97. The molecule has 0 saturated carbocycles. The first-order chi connectivity index (χ1) is 7.91. The van der Waals surface area contributed by atoms with Crippen LogP contribution in [0, 0.1) is 5.92 Å². The first-order valence-corrected chi connectivity index (χ1v) is 6.37. The quantitative estimate of drug-likeness (QED) is 0.845. The van der Waals surface area contributed by atoms with Gasteiger partial charge in [0.2, 0.25) is 5.91 Å². The first-order valence-electron chi connectivity index (χ1n) is 4.85. The van der Waals surface area contributed by atoms with Gasteiger partial charge >= 0.3 is 6.18 Å². The Hall–Kier alpha value is -0.760. The Balaban J connectivity index is 2.19. The van der Waals surface area contributed by atoms with Crippen LogP contribution in [-0.4, -0.2) is 23.2 Å². The van der Waals surface area contributed by atoms with Gasteiger partial charge in [-0.05, 0) is 11.7 Å². The van der Waals surface area contributed by atoms with Crippen molar-refractivity contribution in [3.05, 3.63) is 11.1 Å². The highest BCUT2D eigenvalue weighted by Crippen LogP contribution is 2.35. The van der Waals surface area contributed by atoms with Gasteiger partial charge < -0.3 is 0 Å². The lowest BCUT2D eigenvalue weighted by Gasteiger charge is -2.12. The maximum absolute atomic E-state index is 12.4. The van der Waals surface area contributed by atoms with E-state index < -0.39 is 11.9 Å². The molecule has 1 amide bonds. The number of amides is 1. The van der Waals surface area contributed by atoms with Crippen molar-refractivity contribution in [1.29, 1.82) is 0 Å². The second-order valence-electron chi connectivity index (χ2n) is 3.77. The highest BCUT2D eigenvalue weighted by atomic mass is 32.1. The summed E-state index contributed by atoms with van der Waals surface area (Å²) in [5.41, 5.74) is -0.945. The van der Waals surface area contributed by atoms with E-state index in [9.17, 15) is 18.0 Å². The molecule has 8 heteroatoms. The van der Waals surface area contributed by atoms with Crippen LogP contribution in [0.15, 0.2) is 5.38 Å². The second kappa shape index (κ2) is 4.49. The third-order valence-electron chi connectivity index (χ3n) is 2.48. The van der Waals surface area contributed by atoms with Crippen LogP contribution in [0.2, 0.25) is 0 Å². The van der Waals surface area contributed by atoms with E-state index in [1.165, 1.54) is 4.90 Å². The highest BCUT2D eigenvalue weighted by molar-refractivity contribution is 7.80. The van der Waals surface area contributed by atoms with Crippen molar-refractivity contribution in [2.24, 2.45) is 5.92 Å². The fourth-order valence-corrected chi connectivity index (χ4v) is 2.71. The Morgan fingerprint density at radius 2 is 2.29 bits per heavy atom. The van der Waals surface area contributed by atoms with Gasteiger partial charge in [-0.25, -0.2) is 4.98 Å². The molecule has 1 saturated heterocycles. The fraction of sp³-hybridized carbons (Fsp3) is 0.556. The van der Waals surface area contributed by atoms with Crippen LogP contribution in [0.1, 0.15) is 12.1 Å². The normalized spacial score (nSPS) is 21.3. The standard InChI is InChI=1S/C9H9F3N2OS2/c10-9(11,12)6-4-17-8(13-6)14-2-5(3-16)1-7(14)15/h4-5,16H,1-3H2. The van der Waals surface area contributed by atoms with E-state index in [2.05, 4.69) is 17.6 Å². The Morgan fingerprint density at radius 3 is 2.76 bits per heavy atom. The van der Waals surface area contributed by atoms with Crippen molar-refractivity contribution in [1.82, 2.24) is 4.98 Å². The lowest BCUT2D eigenvalue weighted by Crippen LogP contribution is -2.24. The molecule has 1 aliphatic heterocycles. The summed E-state index contributed by atoms with van der Waals surface area (Å²) in [5.74, 6) is 0.441. The molecular formula is C9H9F3N2OS2. The fourth-order valence-electron chi connectivity index (χ4n) is 1.61. The molecule has 0 radical (unpaired) electrons. The zero-order valence-electron chi connectivity index (χ0n) is 8.57. The zero-order valence-corrected chi connectivity index (χ0v) is 10.3. The minimum Gasteiger partial charge on any atom is -0.288 e. The number of rotatable bonds is 2. The highest BCUT2D eigenvalue weighted by Gasteiger charge is 2.37. The summed E-state index contributed by atoms with van der Waals surface area (Å²) < 4.78 is 37.1. The summed E-state index contributed by atoms with van der Waals surface area (Å²) >= 11 is 4.92. The zero-order chi connectivity index (χ0) is 12.6. The minimum atomic E-state index is -4.46.